The van der Waals surface area contributed by atoms with E-state index in [1.807, 2.05) is 6.92 Å². The van der Waals surface area contributed by atoms with Gasteiger partial charge in [0.1, 0.15) is 0 Å². The van der Waals surface area contributed by atoms with Crippen molar-refractivity contribution < 1.29 is 4.79 Å². The highest BCUT2D eigenvalue weighted by Gasteiger charge is 2.02. The van der Waals surface area contributed by atoms with Gasteiger partial charge in [-0.25, -0.2) is 10.2 Å². The van der Waals surface area contributed by atoms with E-state index in [-0.39, 0.29) is 11.3 Å². The molecule has 1 heterocycles. The Morgan fingerprint density at radius 3 is 3.00 bits per heavy atom. The van der Waals surface area contributed by atoms with Gasteiger partial charge in [0.2, 0.25) is 10.4 Å². The third-order valence-electron chi connectivity index (χ3n) is 1.22. The number of hydrazine groups is 1. The molecule has 0 unspecified atom stereocenters. The zero-order valence-corrected chi connectivity index (χ0v) is 9.08. The van der Waals surface area contributed by atoms with Crippen LogP contribution in [0.3, 0.4) is 0 Å². The number of urea groups is 1. The molecule has 0 bridgehead atoms. The van der Waals surface area contributed by atoms with Crippen molar-refractivity contribution in [2.75, 3.05) is 12.0 Å². The minimum absolute atomic E-state index is 0.160. The highest BCUT2D eigenvalue weighted by molar-refractivity contribution is 7.09. The number of halogens is 1. The molecular formula is C6H10ClN5OS. The number of carbonyl (C=O) groups is 1. The normalized spacial score (nSPS) is 9.57. The fourth-order valence-corrected chi connectivity index (χ4v) is 1.31. The SMILES string of the molecule is CCCNC(=O)NNc1nc(Cl)ns1. The van der Waals surface area contributed by atoms with Crippen molar-refractivity contribution in [3.8, 4) is 0 Å². The number of hydrogen-bond acceptors (Lipinski definition) is 5. The van der Waals surface area contributed by atoms with Gasteiger partial charge in [-0.15, -0.1) is 0 Å². The van der Waals surface area contributed by atoms with Crippen molar-refractivity contribution in [3.05, 3.63) is 5.28 Å². The van der Waals surface area contributed by atoms with Gasteiger partial charge in [0, 0.05) is 18.1 Å². The molecule has 0 atom stereocenters. The summed E-state index contributed by atoms with van der Waals surface area (Å²) in [6.07, 6.45) is 0.887. The molecule has 0 saturated heterocycles. The van der Waals surface area contributed by atoms with Crippen LogP contribution in [-0.2, 0) is 0 Å². The molecule has 3 N–H and O–H groups in total. The van der Waals surface area contributed by atoms with Crippen LogP contribution in [0.25, 0.3) is 0 Å². The number of carbonyl (C=O) groups excluding carboxylic acids is 1. The van der Waals surface area contributed by atoms with Crippen LogP contribution >= 0.6 is 23.1 Å². The van der Waals surface area contributed by atoms with Crippen LogP contribution in [0.1, 0.15) is 13.3 Å². The molecule has 0 spiro atoms. The summed E-state index contributed by atoms with van der Waals surface area (Å²) in [6.45, 7) is 2.60. The molecule has 0 fully saturated rings. The van der Waals surface area contributed by atoms with Gasteiger partial charge in [-0.05, 0) is 18.0 Å². The lowest BCUT2D eigenvalue weighted by atomic mass is 10.5. The van der Waals surface area contributed by atoms with Crippen molar-refractivity contribution in [2.45, 2.75) is 13.3 Å². The number of amides is 2. The molecule has 0 saturated carbocycles. The van der Waals surface area contributed by atoms with E-state index in [0.29, 0.717) is 11.7 Å². The summed E-state index contributed by atoms with van der Waals surface area (Å²) in [5.74, 6) is 0. The summed E-state index contributed by atoms with van der Waals surface area (Å²) in [5.41, 5.74) is 4.97. The number of aromatic nitrogens is 2. The van der Waals surface area contributed by atoms with E-state index in [0.717, 1.165) is 18.0 Å². The summed E-state index contributed by atoms with van der Waals surface area (Å²) in [7, 11) is 0. The first-order chi connectivity index (χ1) is 6.72. The molecule has 78 valence electrons. The van der Waals surface area contributed by atoms with Crippen molar-refractivity contribution in [1.29, 1.82) is 0 Å². The van der Waals surface area contributed by atoms with Gasteiger partial charge in [-0.3, -0.25) is 5.43 Å². The molecular weight excluding hydrogens is 226 g/mol. The topological polar surface area (TPSA) is 78.9 Å². The summed E-state index contributed by atoms with van der Waals surface area (Å²) >= 11 is 6.55. The third kappa shape index (κ3) is 3.75. The Balaban J connectivity index is 2.23. The zero-order valence-electron chi connectivity index (χ0n) is 7.50. The molecule has 0 aliphatic heterocycles. The Morgan fingerprint density at radius 1 is 1.64 bits per heavy atom. The van der Waals surface area contributed by atoms with Crippen molar-refractivity contribution >= 4 is 34.3 Å². The Hall–Kier alpha value is -1.08. The zero-order chi connectivity index (χ0) is 10.4. The molecule has 1 aromatic rings. The molecule has 8 heteroatoms. The van der Waals surface area contributed by atoms with Crippen molar-refractivity contribution in [1.82, 2.24) is 20.1 Å². The second-order valence-electron chi connectivity index (χ2n) is 2.37. The fourth-order valence-electron chi connectivity index (χ4n) is 0.649. The van der Waals surface area contributed by atoms with E-state index in [2.05, 4.69) is 25.5 Å². The van der Waals surface area contributed by atoms with Crippen LogP contribution in [0.4, 0.5) is 9.93 Å². The number of rotatable bonds is 4. The minimum atomic E-state index is -0.307. The largest absolute Gasteiger partial charge is 0.337 e. The molecule has 1 rings (SSSR count). The molecule has 0 aromatic carbocycles. The van der Waals surface area contributed by atoms with Gasteiger partial charge >= 0.3 is 6.03 Å². The first-order valence-electron chi connectivity index (χ1n) is 4.01. The number of nitrogens with zero attached hydrogens (tertiary/aromatic N) is 2. The monoisotopic (exact) mass is 235 g/mol. The number of anilines is 1. The lowest BCUT2D eigenvalue weighted by molar-refractivity contribution is 0.243. The quantitative estimate of drug-likeness (QED) is 0.686. The molecule has 0 aliphatic rings. The molecule has 6 nitrogen and oxygen atoms in total. The average molecular weight is 236 g/mol. The van der Waals surface area contributed by atoms with Crippen LogP contribution in [-0.4, -0.2) is 21.9 Å². The number of hydrogen-bond donors (Lipinski definition) is 3. The van der Waals surface area contributed by atoms with E-state index < -0.39 is 0 Å². The van der Waals surface area contributed by atoms with E-state index in [1.54, 1.807) is 0 Å². The van der Waals surface area contributed by atoms with Crippen molar-refractivity contribution in [3.63, 3.8) is 0 Å². The third-order valence-corrected chi connectivity index (χ3v) is 2.12. The first kappa shape index (κ1) is 11.0. The lowest BCUT2D eigenvalue weighted by Crippen LogP contribution is -2.39. The Labute approximate surface area is 90.2 Å². The van der Waals surface area contributed by atoms with Gasteiger partial charge in [0.25, 0.3) is 0 Å². The Morgan fingerprint density at radius 2 is 2.43 bits per heavy atom. The second kappa shape index (κ2) is 5.61. The van der Waals surface area contributed by atoms with Gasteiger partial charge in [-0.1, -0.05) is 6.92 Å². The van der Waals surface area contributed by atoms with E-state index in [9.17, 15) is 4.79 Å². The standard InChI is InChI=1S/C6H10ClN5OS/c1-2-3-8-5(13)10-11-6-9-4(7)12-14-6/h2-3H2,1H3,(H2,8,10,13)(H,9,11,12). The smallest absolute Gasteiger partial charge is 0.333 e. The predicted molar refractivity (Wildman–Crippen MR) is 55.4 cm³/mol. The van der Waals surface area contributed by atoms with Crippen LogP contribution in [0.15, 0.2) is 0 Å². The molecule has 14 heavy (non-hydrogen) atoms. The molecule has 1 aromatic heterocycles. The van der Waals surface area contributed by atoms with Gasteiger partial charge in [0.05, 0.1) is 0 Å². The van der Waals surface area contributed by atoms with Crippen molar-refractivity contribution in [2.24, 2.45) is 0 Å². The summed E-state index contributed by atoms with van der Waals surface area (Å²) in [5, 5.41) is 3.23. The Kier molecular flexibility index (Phi) is 4.41. The maximum absolute atomic E-state index is 11.0. The van der Waals surface area contributed by atoms with Crippen LogP contribution in [0.5, 0.6) is 0 Å². The van der Waals surface area contributed by atoms with Crippen LogP contribution in [0, 0.1) is 0 Å². The number of nitrogens with one attached hydrogen (secondary N) is 3. The van der Waals surface area contributed by atoms with Gasteiger partial charge in [0.15, 0.2) is 0 Å². The first-order valence-corrected chi connectivity index (χ1v) is 5.16. The molecule has 2 amide bonds. The van der Waals surface area contributed by atoms with E-state index in [4.69, 9.17) is 11.6 Å². The average Bonchev–Trinajstić information content (AvgIpc) is 2.58. The molecule has 0 aliphatic carbocycles. The Bertz CT molecular complexity index is 304. The highest BCUT2D eigenvalue weighted by atomic mass is 35.5. The van der Waals surface area contributed by atoms with Crippen LogP contribution in [0.2, 0.25) is 5.28 Å². The summed E-state index contributed by atoms with van der Waals surface area (Å²) in [6, 6.07) is -0.307. The molecule has 0 radical (unpaired) electrons. The predicted octanol–water partition coefficient (Wildman–Crippen LogP) is 1.23. The summed E-state index contributed by atoms with van der Waals surface area (Å²) < 4.78 is 3.72. The van der Waals surface area contributed by atoms with E-state index in [1.165, 1.54) is 0 Å². The minimum Gasteiger partial charge on any atom is -0.337 e. The van der Waals surface area contributed by atoms with Crippen LogP contribution < -0.4 is 16.2 Å². The maximum atomic E-state index is 11.0. The highest BCUT2D eigenvalue weighted by Crippen LogP contribution is 2.12. The van der Waals surface area contributed by atoms with E-state index >= 15 is 0 Å². The van der Waals surface area contributed by atoms with Gasteiger partial charge < -0.3 is 5.32 Å². The fraction of sp³-hybridized carbons (Fsp3) is 0.500. The second-order valence-corrected chi connectivity index (χ2v) is 3.46. The van der Waals surface area contributed by atoms with Gasteiger partial charge in [-0.2, -0.15) is 9.36 Å². The summed E-state index contributed by atoms with van der Waals surface area (Å²) in [4.78, 5) is 14.8. The lowest BCUT2D eigenvalue weighted by Gasteiger charge is -2.05. The maximum Gasteiger partial charge on any atom is 0.333 e.